The first-order chi connectivity index (χ1) is 9.40. The van der Waals surface area contributed by atoms with Crippen LogP contribution in [0.15, 0.2) is 36.4 Å². The van der Waals surface area contributed by atoms with E-state index in [4.69, 9.17) is 0 Å². The molecule has 0 spiro atoms. The van der Waals surface area contributed by atoms with Crippen LogP contribution in [0.25, 0.3) is 0 Å². The third-order valence-corrected chi connectivity index (χ3v) is 3.49. The maximum Gasteiger partial charge on any atom is 0.129 e. The van der Waals surface area contributed by atoms with E-state index in [1.807, 2.05) is 12.1 Å². The van der Waals surface area contributed by atoms with Gasteiger partial charge in [0.2, 0.25) is 0 Å². The van der Waals surface area contributed by atoms with Gasteiger partial charge in [0.05, 0.1) is 0 Å². The van der Waals surface area contributed by atoms with Gasteiger partial charge in [0.15, 0.2) is 0 Å². The number of halogens is 2. The van der Waals surface area contributed by atoms with E-state index in [-0.39, 0.29) is 11.1 Å². The standard InChI is InChI=1S/C17H18F2O/c1-10(2)12-4-6-13(7-5-12)17(20)14-9-15(18)11(3)8-16(14)19/h4-10,17,20H,1-3H3. The van der Waals surface area contributed by atoms with Crippen LogP contribution in [0.1, 0.15) is 48.1 Å². The molecule has 0 amide bonds. The lowest BCUT2D eigenvalue weighted by Gasteiger charge is -2.14. The van der Waals surface area contributed by atoms with E-state index >= 15 is 0 Å². The zero-order chi connectivity index (χ0) is 14.9. The van der Waals surface area contributed by atoms with Crippen LogP contribution in [0.2, 0.25) is 0 Å². The van der Waals surface area contributed by atoms with E-state index in [1.165, 1.54) is 6.92 Å². The molecule has 106 valence electrons. The van der Waals surface area contributed by atoms with Crippen molar-refractivity contribution in [2.24, 2.45) is 0 Å². The fourth-order valence-corrected chi connectivity index (χ4v) is 2.11. The van der Waals surface area contributed by atoms with Crippen LogP contribution in [0.4, 0.5) is 8.78 Å². The van der Waals surface area contributed by atoms with Crippen LogP contribution < -0.4 is 0 Å². The van der Waals surface area contributed by atoms with Crippen LogP contribution >= 0.6 is 0 Å². The van der Waals surface area contributed by atoms with Gasteiger partial charge in [0, 0.05) is 5.56 Å². The largest absolute Gasteiger partial charge is 0.384 e. The van der Waals surface area contributed by atoms with Crippen molar-refractivity contribution in [3.63, 3.8) is 0 Å². The molecule has 3 heteroatoms. The summed E-state index contributed by atoms with van der Waals surface area (Å²) in [6.07, 6.45) is -1.16. The Morgan fingerprint density at radius 3 is 2.00 bits per heavy atom. The molecule has 0 aliphatic carbocycles. The van der Waals surface area contributed by atoms with Gasteiger partial charge in [-0.15, -0.1) is 0 Å². The number of rotatable bonds is 3. The highest BCUT2D eigenvalue weighted by atomic mass is 19.1. The Bertz CT molecular complexity index is 603. The topological polar surface area (TPSA) is 20.2 Å². The Balaban J connectivity index is 2.36. The zero-order valence-corrected chi connectivity index (χ0v) is 11.8. The minimum absolute atomic E-state index is 0.0367. The van der Waals surface area contributed by atoms with Crippen molar-refractivity contribution in [2.75, 3.05) is 0 Å². The van der Waals surface area contributed by atoms with Crippen molar-refractivity contribution in [1.82, 2.24) is 0 Å². The molecule has 1 unspecified atom stereocenters. The molecule has 0 saturated carbocycles. The molecular formula is C17H18F2O. The van der Waals surface area contributed by atoms with Crippen LogP contribution in [-0.4, -0.2) is 5.11 Å². The second-order valence-corrected chi connectivity index (χ2v) is 5.35. The SMILES string of the molecule is Cc1cc(F)c(C(O)c2ccc(C(C)C)cc2)cc1F. The average molecular weight is 276 g/mol. The lowest BCUT2D eigenvalue weighted by atomic mass is 9.96. The normalized spacial score (nSPS) is 12.8. The molecule has 0 aliphatic heterocycles. The van der Waals surface area contributed by atoms with Crippen molar-refractivity contribution in [1.29, 1.82) is 0 Å². The summed E-state index contributed by atoms with van der Waals surface area (Å²) in [7, 11) is 0. The molecule has 0 radical (unpaired) electrons. The monoisotopic (exact) mass is 276 g/mol. The number of aliphatic hydroxyl groups excluding tert-OH is 1. The van der Waals surface area contributed by atoms with Gasteiger partial charge < -0.3 is 5.11 Å². The number of benzene rings is 2. The fraction of sp³-hybridized carbons (Fsp3) is 0.294. The molecule has 0 aromatic heterocycles. The van der Waals surface area contributed by atoms with Gasteiger partial charge in [0.25, 0.3) is 0 Å². The van der Waals surface area contributed by atoms with Crippen molar-refractivity contribution >= 4 is 0 Å². The first-order valence-corrected chi connectivity index (χ1v) is 6.63. The van der Waals surface area contributed by atoms with Crippen LogP contribution in [0, 0.1) is 18.6 Å². The molecule has 2 aromatic rings. The molecule has 1 atom stereocenters. The second-order valence-electron chi connectivity index (χ2n) is 5.35. The molecule has 0 fully saturated rings. The molecule has 0 aliphatic rings. The Morgan fingerprint density at radius 1 is 0.900 bits per heavy atom. The van der Waals surface area contributed by atoms with Gasteiger partial charge in [-0.1, -0.05) is 38.1 Å². The molecule has 0 bridgehead atoms. The number of aryl methyl sites for hydroxylation is 1. The predicted octanol–water partition coefficient (Wildman–Crippen LogP) is 4.48. The van der Waals surface area contributed by atoms with Gasteiger partial charge in [-0.05, 0) is 41.7 Å². The third-order valence-electron chi connectivity index (χ3n) is 3.49. The van der Waals surface area contributed by atoms with E-state index in [2.05, 4.69) is 13.8 Å². The maximum atomic E-state index is 13.8. The molecule has 0 heterocycles. The van der Waals surface area contributed by atoms with Gasteiger partial charge in [-0.2, -0.15) is 0 Å². The summed E-state index contributed by atoms with van der Waals surface area (Å²) in [5, 5.41) is 10.2. The average Bonchev–Trinajstić information content (AvgIpc) is 2.42. The van der Waals surface area contributed by atoms with Crippen molar-refractivity contribution in [3.8, 4) is 0 Å². The lowest BCUT2D eigenvalue weighted by Crippen LogP contribution is -2.04. The van der Waals surface area contributed by atoms with Crippen molar-refractivity contribution < 1.29 is 13.9 Å². The number of aliphatic hydroxyl groups is 1. The third kappa shape index (κ3) is 2.88. The molecule has 1 N–H and O–H groups in total. The van der Waals surface area contributed by atoms with Crippen LogP contribution in [0.5, 0.6) is 0 Å². The summed E-state index contributed by atoms with van der Waals surface area (Å²) >= 11 is 0. The maximum absolute atomic E-state index is 13.8. The quantitative estimate of drug-likeness (QED) is 0.876. The minimum Gasteiger partial charge on any atom is -0.384 e. The van der Waals surface area contributed by atoms with Crippen LogP contribution in [-0.2, 0) is 0 Å². The Morgan fingerprint density at radius 2 is 1.45 bits per heavy atom. The summed E-state index contributed by atoms with van der Waals surface area (Å²) in [5.41, 5.74) is 1.88. The Hall–Kier alpha value is -1.74. The van der Waals surface area contributed by atoms with E-state index in [0.29, 0.717) is 11.5 Å². The molecular weight excluding hydrogens is 258 g/mol. The van der Waals surface area contributed by atoms with Crippen molar-refractivity contribution in [2.45, 2.75) is 32.8 Å². The van der Waals surface area contributed by atoms with Crippen molar-refractivity contribution in [3.05, 3.63) is 70.3 Å². The highest BCUT2D eigenvalue weighted by Crippen LogP contribution is 2.27. The molecule has 0 saturated heterocycles. The molecule has 2 rings (SSSR count). The molecule has 2 aromatic carbocycles. The van der Waals surface area contributed by atoms with Gasteiger partial charge in [-0.25, -0.2) is 8.78 Å². The number of hydrogen-bond acceptors (Lipinski definition) is 1. The summed E-state index contributed by atoms with van der Waals surface area (Å²) in [6.45, 7) is 5.63. The first-order valence-electron chi connectivity index (χ1n) is 6.63. The Labute approximate surface area is 117 Å². The van der Waals surface area contributed by atoms with Crippen LogP contribution in [0.3, 0.4) is 0 Å². The van der Waals surface area contributed by atoms with E-state index in [0.717, 1.165) is 17.7 Å². The van der Waals surface area contributed by atoms with E-state index in [1.54, 1.807) is 12.1 Å². The van der Waals surface area contributed by atoms with Gasteiger partial charge in [0.1, 0.15) is 17.7 Å². The molecule has 1 nitrogen and oxygen atoms in total. The first kappa shape index (κ1) is 14.7. The van der Waals surface area contributed by atoms with E-state index in [9.17, 15) is 13.9 Å². The van der Waals surface area contributed by atoms with Gasteiger partial charge >= 0.3 is 0 Å². The summed E-state index contributed by atoms with van der Waals surface area (Å²) in [5.74, 6) is -0.724. The predicted molar refractivity (Wildman–Crippen MR) is 75.7 cm³/mol. The minimum atomic E-state index is -1.16. The fourth-order valence-electron chi connectivity index (χ4n) is 2.11. The lowest BCUT2D eigenvalue weighted by molar-refractivity contribution is 0.214. The molecule has 20 heavy (non-hydrogen) atoms. The highest BCUT2D eigenvalue weighted by Gasteiger charge is 2.17. The van der Waals surface area contributed by atoms with Gasteiger partial charge in [-0.3, -0.25) is 0 Å². The summed E-state index contributed by atoms with van der Waals surface area (Å²) < 4.78 is 27.4. The zero-order valence-electron chi connectivity index (χ0n) is 11.8. The highest BCUT2D eigenvalue weighted by molar-refractivity contribution is 5.35. The summed E-state index contributed by atoms with van der Waals surface area (Å²) in [4.78, 5) is 0. The second kappa shape index (κ2) is 5.71. The Kier molecular flexibility index (Phi) is 4.19. The smallest absolute Gasteiger partial charge is 0.129 e. The number of hydrogen-bond donors (Lipinski definition) is 1. The summed E-state index contributed by atoms with van der Waals surface area (Å²) in [6, 6.07) is 9.45. The van der Waals surface area contributed by atoms with E-state index < -0.39 is 17.7 Å².